The van der Waals surface area contributed by atoms with Crippen molar-refractivity contribution in [2.45, 2.75) is 24.8 Å². The molecule has 7 heteroatoms. The van der Waals surface area contributed by atoms with Gasteiger partial charge in [-0.15, -0.1) is 0 Å². The van der Waals surface area contributed by atoms with Crippen LogP contribution < -0.4 is 5.73 Å². The number of aryl methyl sites for hydroxylation is 1. The van der Waals surface area contributed by atoms with Crippen molar-refractivity contribution in [1.82, 2.24) is 4.31 Å². The number of sulfonamides is 1. The number of hydrogen-bond donors (Lipinski definition) is 2. The lowest BCUT2D eigenvalue weighted by molar-refractivity contribution is -0.0304. The molecule has 0 aliphatic carbocycles. The summed E-state index contributed by atoms with van der Waals surface area (Å²) in [6.45, 7) is 3.99. The largest absolute Gasteiger partial charge is 0.398 e. The molecule has 1 atom stereocenters. The number of benzene rings is 1. The second-order valence-electron chi connectivity index (χ2n) is 4.96. The van der Waals surface area contributed by atoms with E-state index in [0.717, 1.165) is 0 Å². The Labute approximate surface area is 119 Å². The minimum atomic E-state index is -3.63. The van der Waals surface area contributed by atoms with Gasteiger partial charge < -0.3 is 15.6 Å². The predicted molar refractivity (Wildman–Crippen MR) is 75.9 cm³/mol. The normalized spacial score (nSPS) is 21.1. The molecule has 0 spiro atoms. The lowest BCUT2D eigenvalue weighted by Crippen LogP contribution is -2.47. The number of nitrogen functional groups attached to an aromatic ring is 1. The molecule has 0 saturated carbocycles. The number of morpholine rings is 1. The monoisotopic (exact) mass is 300 g/mol. The molecule has 1 heterocycles. The lowest BCUT2D eigenvalue weighted by atomic mass is 10.1. The van der Waals surface area contributed by atoms with Gasteiger partial charge in [0.15, 0.2) is 0 Å². The Kier molecular flexibility index (Phi) is 4.33. The zero-order valence-corrected chi connectivity index (χ0v) is 12.5. The number of rotatable bonds is 3. The molecular weight excluding hydrogens is 280 g/mol. The predicted octanol–water partition coefficient (Wildman–Crippen LogP) is 0.267. The number of nitrogens with zero attached hydrogens (tertiary/aromatic N) is 1. The Morgan fingerprint density at radius 1 is 1.45 bits per heavy atom. The first kappa shape index (κ1) is 15.2. The number of anilines is 1. The second-order valence-corrected chi connectivity index (χ2v) is 6.84. The highest BCUT2D eigenvalue weighted by molar-refractivity contribution is 7.89. The van der Waals surface area contributed by atoms with E-state index in [4.69, 9.17) is 15.6 Å². The molecule has 2 rings (SSSR count). The van der Waals surface area contributed by atoms with E-state index in [0.29, 0.717) is 16.8 Å². The first-order chi connectivity index (χ1) is 9.37. The number of ether oxygens (including phenoxy) is 1. The van der Waals surface area contributed by atoms with Gasteiger partial charge in [-0.2, -0.15) is 4.31 Å². The van der Waals surface area contributed by atoms with Crippen LogP contribution in [-0.4, -0.2) is 50.2 Å². The molecule has 1 aromatic carbocycles. The quantitative estimate of drug-likeness (QED) is 0.782. The van der Waals surface area contributed by atoms with Crippen LogP contribution in [0.5, 0.6) is 0 Å². The van der Waals surface area contributed by atoms with E-state index < -0.39 is 16.1 Å². The fourth-order valence-electron chi connectivity index (χ4n) is 2.39. The maximum absolute atomic E-state index is 12.8. The summed E-state index contributed by atoms with van der Waals surface area (Å²) < 4.78 is 32.2. The number of hydrogen-bond acceptors (Lipinski definition) is 5. The SMILES string of the molecule is Cc1ccc(N)c(C)c1S(=O)(=O)N1CCOC(CO)C1. The van der Waals surface area contributed by atoms with Gasteiger partial charge in [-0.05, 0) is 31.0 Å². The van der Waals surface area contributed by atoms with Gasteiger partial charge in [0.2, 0.25) is 10.0 Å². The summed E-state index contributed by atoms with van der Waals surface area (Å²) in [4.78, 5) is 0.260. The molecule has 1 unspecified atom stereocenters. The summed E-state index contributed by atoms with van der Waals surface area (Å²) in [6.07, 6.45) is -0.472. The molecule has 0 amide bonds. The summed E-state index contributed by atoms with van der Waals surface area (Å²) in [5.74, 6) is 0. The van der Waals surface area contributed by atoms with Crippen LogP contribution in [-0.2, 0) is 14.8 Å². The molecule has 0 radical (unpaired) electrons. The molecule has 0 aromatic heterocycles. The highest BCUT2D eigenvalue weighted by atomic mass is 32.2. The zero-order valence-electron chi connectivity index (χ0n) is 11.7. The van der Waals surface area contributed by atoms with Gasteiger partial charge in [-0.3, -0.25) is 0 Å². The average Bonchev–Trinajstić information content (AvgIpc) is 2.43. The molecule has 1 saturated heterocycles. The minimum absolute atomic E-state index is 0.159. The molecule has 1 aliphatic heterocycles. The van der Waals surface area contributed by atoms with Crippen LogP contribution in [0.4, 0.5) is 5.69 Å². The third-order valence-electron chi connectivity index (χ3n) is 3.55. The maximum atomic E-state index is 12.8. The Balaban J connectivity index is 2.43. The molecule has 1 aromatic rings. The standard InChI is InChI=1S/C13H20N2O4S/c1-9-3-4-12(14)10(2)13(9)20(17,18)15-5-6-19-11(7-15)8-16/h3-4,11,16H,5-8,14H2,1-2H3. The van der Waals surface area contributed by atoms with Crippen molar-refractivity contribution in [1.29, 1.82) is 0 Å². The Hall–Kier alpha value is -1.15. The van der Waals surface area contributed by atoms with Gasteiger partial charge >= 0.3 is 0 Å². The maximum Gasteiger partial charge on any atom is 0.243 e. The average molecular weight is 300 g/mol. The van der Waals surface area contributed by atoms with Crippen LogP contribution in [0.25, 0.3) is 0 Å². The van der Waals surface area contributed by atoms with Gasteiger partial charge in [-0.25, -0.2) is 8.42 Å². The molecule has 0 bridgehead atoms. The van der Waals surface area contributed by atoms with Crippen LogP contribution in [0.15, 0.2) is 17.0 Å². The smallest absolute Gasteiger partial charge is 0.243 e. The molecule has 20 heavy (non-hydrogen) atoms. The van der Waals surface area contributed by atoms with Crippen LogP contribution in [0.2, 0.25) is 0 Å². The van der Waals surface area contributed by atoms with Crippen LogP contribution in [0, 0.1) is 13.8 Å². The van der Waals surface area contributed by atoms with Crippen molar-refractivity contribution in [2.24, 2.45) is 0 Å². The van der Waals surface area contributed by atoms with Crippen molar-refractivity contribution in [2.75, 3.05) is 32.0 Å². The molecule has 1 fully saturated rings. The van der Waals surface area contributed by atoms with E-state index in [1.54, 1.807) is 26.0 Å². The topological polar surface area (TPSA) is 92.9 Å². The van der Waals surface area contributed by atoms with Crippen molar-refractivity contribution in [3.8, 4) is 0 Å². The summed E-state index contributed by atoms with van der Waals surface area (Å²) in [6, 6.07) is 3.42. The summed E-state index contributed by atoms with van der Waals surface area (Å²) in [5.41, 5.74) is 7.52. The molecular formula is C13H20N2O4S. The highest BCUT2D eigenvalue weighted by Crippen LogP contribution is 2.28. The van der Waals surface area contributed by atoms with E-state index in [1.165, 1.54) is 4.31 Å². The van der Waals surface area contributed by atoms with Crippen molar-refractivity contribution < 1.29 is 18.3 Å². The van der Waals surface area contributed by atoms with Crippen LogP contribution in [0.3, 0.4) is 0 Å². The van der Waals surface area contributed by atoms with E-state index in [-0.39, 0.29) is 31.2 Å². The number of aliphatic hydroxyl groups excluding tert-OH is 1. The Morgan fingerprint density at radius 2 is 2.15 bits per heavy atom. The zero-order chi connectivity index (χ0) is 14.9. The van der Waals surface area contributed by atoms with Gasteiger partial charge in [0, 0.05) is 18.8 Å². The van der Waals surface area contributed by atoms with Crippen LogP contribution >= 0.6 is 0 Å². The van der Waals surface area contributed by atoms with E-state index >= 15 is 0 Å². The van der Waals surface area contributed by atoms with E-state index in [1.807, 2.05) is 0 Å². The fraction of sp³-hybridized carbons (Fsp3) is 0.538. The molecule has 6 nitrogen and oxygen atoms in total. The number of aliphatic hydroxyl groups is 1. The fourth-order valence-corrected chi connectivity index (χ4v) is 4.30. The second kappa shape index (κ2) is 5.69. The van der Waals surface area contributed by atoms with Gasteiger partial charge in [0.25, 0.3) is 0 Å². The molecule has 112 valence electrons. The third kappa shape index (κ3) is 2.67. The van der Waals surface area contributed by atoms with Crippen LogP contribution in [0.1, 0.15) is 11.1 Å². The van der Waals surface area contributed by atoms with E-state index in [2.05, 4.69) is 0 Å². The summed E-state index contributed by atoms with van der Waals surface area (Å²) in [7, 11) is -3.63. The summed E-state index contributed by atoms with van der Waals surface area (Å²) >= 11 is 0. The first-order valence-electron chi connectivity index (χ1n) is 6.46. The van der Waals surface area contributed by atoms with Gasteiger partial charge in [0.05, 0.1) is 24.2 Å². The van der Waals surface area contributed by atoms with Crippen molar-refractivity contribution >= 4 is 15.7 Å². The lowest BCUT2D eigenvalue weighted by Gasteiger charge is -2.32. The van der Waals surface area contributed by atoms with Crippen molar-refractivity contribution in [3.63, 3.8) is 0 Å². The Bertz CT molecular complexity index is 601. The van der Waals surface area contributed by atoms with Gasteiger partial charge in [0.1, 0.15) is 0 Å². The highest BCUT2D eigenvalue weighted by Gasteiger charge is 2.32. The number of nitrogens with two attached hydrogens (primary N) is 1. The summed E-state index contributed by atoms with van der Waals surface area (Å²) in [5, 5.41) is 9.13. The third-order valence-corrected chi connectivity index (χ3v) is 5.70. The molecule has 1 aliphatic rings. The van der Waals surface area contributed by atoms with Crippen molar-refractivity contribution in [3.05, 3.63) is 23.3 Å². The minimum Gasteiger partial charge on any atom is -0.398 e. The van der Waals surface area contributed by atoms with Gasteiger partial charge in [-0.1, -0.05) is 6.07 Å². The van der Waals surface area contributed by atoms with E-state index in [9.17, 15) is 8.42 Å². The first-order valence-corrected chi connectivity index (χ1v) is 7.90. The Morgan fingerprint density at radius 3 is 2.80 bits per heavy atom. The molecule has 3 N–H and O–H groups in total.